The molecular weight excluding hydrogens is 603 g/mol. The first-order valence-corrected chi connectivity index (χ1v) is 14.2. The van der Waals surface area contributed by atoms with Crippen LogP contribution in [0.2, 0.25) is 0 Å². The number of nitriles is 1. The van der Waals surface area contributed by atoms with E-state index in [0.29, 0.717) is 43.5 Å². The zero-order valence-corrected chi connectivity index (χ0v) is 24.2. The van der Waals surface area contributed by atoms with E-state index in [1.807, 2.05) is 12.1 Å². The molecule has 1 aromatic heterocycles. The monoisotopic (exact) mass is 631 g/mol. The van der Waals surface area contributed by atoms with Crippen molar-refractivity contribution in [1.82, 2.24) is 25.9 Å². The average molecular weight is 632 g/mol. The largest absolute Gasteiger partial charge is 0.451 e. The summed E-state index contributed by atoms with van der Waals surface area (Å²) in [6.45, 7) is 0.975. The second-order valence-corrected chi connectivity index (χ2v) is 9.88. The van der Waals surface area contributed by atoms with Crippen molar-refractivity contribution in [2.24, 2.45) is 0 Å². The number of aromatic nitrogens is 2. The molecule has 44 heavy (non-hydrogen) atoms. The highest BCUT2D eigenvalue weighted by Crippen LogP contribution is 2.33. The molecule has 12 nitrogen and oxygen atoms in total. The molecule has 2 aromatic carbocycles. The molecule has 0 saturated carbocycles. The molecule has 1 aliphatic rings. The fourth-order valence-corrected chi connectivity index (χ4v) is 4.43. The van der Waals surface area contributed by atoms with Crippen LogP contribution < -0.4 is 20.9 Å². The first-order valence-electron chi connectivity index (χ1n) is 13.2. The summed E-state index contributed by atoms with van der Waals surface area (Å²) in [6.07, 6.45) is -3.12. The van der Waals surface area contributed by atoms with E-state index in [0.717, 1.165) is 11.1 Å². The first kappa shape index (κ1) is 33.5. The Balaban J connectivity index is 0.00000124. The van der Waals surface area contributed by atoms with Gasteiger partial charge in [0, 0.05) is 38.3 Å². The zero-order valence-electron chi connectivity index (χ0n) is 23.4. The lowest BCUT2D eigenvalue weighted by Crippen LogP contribution is -2.44. The number of nitrogens with zero attached hydrogens (tertiary/aromatic N) is 4. The maximum atomic E-state index is 13.8. The molecule has 0 unspecified atom stereocenters. The van der Waals surface area contributed by atoms with Crippen molar-refractivity contribution in [1.29, 1.82) is 5.26 Å². The van der Waals surface area contributed by atoms with Gasteiger partial charge >= 0.3 is 22.8 Å². The summed E-state index contributed by atoms with van der Waals surface area (Å²) in [7, 11) is -1.62. The van der Waals surface area contributed by atoms with E-state index in [2.05, 4.69) is 32.0 Å². The molecule has 3 amide bonds. The standard InChI is InChI=1S/C28H28F3N7O2.O3S/c1-33-27(40)35-17-20-8-10-21(11-9-20)22-15-24(37-26(36-22)28(29,30)31)38-14-2-3-23(38)25(39)34-13-12-18-4-6-19(16-32)7-5-18;1-4(2)3/h4-11,15,23H,2-3,12-14,17H2,1H3,(H,34,39)(H2,33,35,40);/t23-;/m0./s1. The number of carbonyl (C=O) groups excluding carboxylic acids is 2. The summed E-state index contributed by atoms with van der Waals surface area (Å²) in [6, 6.07) is 16.2. The van der Waals surface area contributed by atoms with Gasteiger partial charge in [-0.05, 0) is 42.5 Å². The average Bonchev–Trinajstić information content (AvgIpc) is 3.50. The van der Waals surface area contributed by atoms with Crippen molar-refractivity contribution >= 4 is 28.4 Å². The van der Waals surface area contributed by atoms with Gasteiger partial charge in [-0.2, -0.15) is 18.4 Å². The van der Waals surface area contributed by atoms with Gasteiger partial charge in [0.25, 0.3) is 0 Å². The molecule has 3 aromatic rings. The maximum absolute atomic E-state index is 13.8. The van der Waals surface area contributed by atoms with Crippen molar-refractivity contribution in [2.45, 2.75) is 38.0 Å². The molecule has 0 radical (unpaired) electrons. The summed E-state index contributed by atoms with van der Waals surface area (Å²) < 4.78 is 66.6. The number of benzene rings is 2. The first-order chi connectivity index (χ1) is 20.9. The summed E-state index contributed by atoms with van der Waals surface area (Å²) in [4.78, 5) is 33.6. The molecule has 3 N–H and O–H groups in total. The van der Waals surface area contributed by atoms with E-state index in [1.165, 1.54) is 13.1 Å². The molecule has 0 spiro atoms. The molecule has 232 valence electrons. The Morgan fingerprint density at radius 3 is 2.25 bits per heavy atom. The lowest BCUT2D eigenvalue weighted by Gasteiger charge is -2.26. The third-order valence-electron chi connectivity index (χ3n) is 6.54. The number of hydrogen-bond acceptors (Lipinski definition) is 9. The quantitative estimate of drug-likeness (QED) is 0.338. The third-order valence-corrected chi connectivity index (χ3v) is 6.54. The Labute approximate surface area is 252 Å². The van der Waals surface area contributed by atoms with Gasteiger partial charge in [0.2, 0.25) is 11.7 Å². The fourth-order valence-electron chi connectivity index (χ4n) is 4.43. The number of nitrogens with one attached hydrogen (secondary N) is 3. The summed E-state index contributed by atoms with van der Waals surface area (Å²) in [5, 5.41) is 16.9. The third kappa shape index (κ3) is 9.76. The zero-order chi connectivity index (χ0) is 32.3. The van der Waals surface area contributed by atoms with E-state index >= 15 is 0 Å². The molecule has 1 saturated heterocycles. The van der Waals surface area contributed by atoms with Gasteiger partial charge in [-0.3, -0.25) is 4.79 Å². The van der Waals surface area contributed by atoms with Crippen molar-refractivity contribution in [2.75, 3.05) is 25.0 Å². The predicted octanol–water partition coefficient (Wildman–Crippen LogP) is 2.79. The summed E-state index contributed by atoms with van der Waals surface area (Å²) >= 11 is 0. The number of urea groups is 1. The number of hydrogen-bond donors (Lipinski definition) is 3. The minimum absolute atomic E-state index is 0.0347. The molecule has 16 heteroatoms. The molecule has 0 aliphatic carbocycles. The predicted molar refractivity (Wildman–Crippen MR) is 152 cm³/mol. The van der Waals surface area contributed by atoms with E-state index in [4.69, 9.17) is 17.9 Å². The summed E-state index contributed by atoms with van der Waals surface area (Å²) in [5.74, 6) is -1.53. The molecule has 1 atom stereocenters. The maximum Gasteiger partial charge on any atom is 0.451 e. The minimum Gasteiger partial charge on any atom is -0.354 e. The molecule has 4 rings (SSSR count). The normalized spacial score (nSPS) is 14.1. The summed E-state index contributed by atoms with van der Waals surface area (Å²) in [5.41, 5.74) is 2.78. The number of anilines is 1. The van der Waals surface area contributed by atoms with Crippen LogP contribution in [0, 0.1) is 11.3 Å². The van der Waals surface area contributed by atoms with E-state index < -0.39 is 28.7 Å². The number of alkyl halides is 3. The second kappa shape index (κ2) is 15.4. The number of carbonyl (C=O) groups is 2. The second-order valence-electron chi connectivity index (χ2n) is 9.47. The van der Waals surface area contributed by atoms with Crippen LogP contribution in [0.4, 0.5) is 23.8 Å². The molecule has 1 fully saturated rings. The van der Waals surface area contributed by atoms with Gasteiger partial charge in [-0.25, -0.2) is 14.8 Å². The lowest BCUT2D eigenvalue weighted by molar-refractivity contribution is -0.144. The lowest BCUT2D eigenvalue weighted by atomic mass is 10.1. The Morgan fingerprint density at radius 1 is 1.02 bits per heavy atom. The van der Waals surface area contributed by atoms with Crippen LogP contribution in [0.3, 0.4) is 0 Å². The molecule has 2 heterocycles. The Hall–Kier alpha value is -5.04. The fraction of sp³-hybridized carbons (Fsp3) is 0.321. The van der Waals surface area contributed by atoms with Crippen molar-refractivity contribution in [3.05, 3.63) is 77.1 Å². The van der Waals surface area contributed by atoms with Gasteiger partial charge in [-0.15, -0.1) is 12.6 Å². The van der Waals surface area contributed by atoms with Gasteiger partial charge in [0.1, 0.15) is 11.9 Å². The molecule has 0 bridgehead atoms. The Bertz CT molecular complexity index is 1610. The van der Waals surface area contributed by atoms with Crippen LogP contribution >= 0.6 is 0 Å². The SMILES string of the molecule is CNC(=O)NCc1ccc(-c2cc(N3CCC[C@H]3C(=O)NCCc3ccc(C#N)cc3)nc(C(F)(F)F)n2)cc1.O=S(=O)=O. The topological polar surface area (TPSA) is 174 Å². The number of amides is 3. The van der Waals surface area contributed by atoms with E-state index in [1.54, 1.807) is 41.3 Å². The smallest absolute Gasteiger partial charge is 0.354 e. The number of halogens is 3. The van der Waals surface area contributed by atoms with Crippen molar-refractivity contribution in [3.63, 3.8) is 0 Å². The Kier molecular flexibility index (Phi) is 11.7. The van der Waals surface area contributed by atoms with E-state index in [9.17, 15) is 22.8 Å². The Morgan fingerprint density at radius 2 is 1.66 bits per heavy atom. The van der Waals surface area contributed by atoms with Gasteiger partial charge in [-0.1, -0.05) is 36.4 Å². The minimum atomic E-state index is -4.78. The van der Waals surface area contributed by atoms with Crippen LogP contribution in [-0.2, 0) is 34.5 Å². The van der Waals surface area contributed by atoms with Gasteiger partial charge < -0.3 is 20.9 Å². The molecule has 1 aliphatic heterocycles. The van der Waals surface area contributed by atoms with E-state index in [-0.39, 0.29) is 30.0 Å². The van der Waals surface area contributed by atoms with Crippen LogP contribution in [-0.4, -0.2) is 60.7 Å². The van der Waals surface area contributed by atoms with Gasteiger partial charge in [0.15, 0.2) is 0 Å². The van der Waals surface area contributed by atoms with Crippen LogP contribution in [0.25, 0.3) is 11.3 Å². The van der Waals surface area contributed by atoms with Crippen LogP contribution in [0.5, 0.6) is 0 Å². The van der Waals surface area contributed by atoms with Crippen molar-refractivity contribution in [3.8, 4) is 17.3 Å². The highest BCUT2D eigenvalue weighted by Gasteiger charge is 2.38. The van der Waals surface area contributed by atoms with Gasteiger partial charge in [0.05, 0.1) is 17.3 Å². The van der Waals surface area contributed by atoms with Crippen LogP contribution in [0.15, 0.2) is 54.6 Å². The highest BCUT2D eigenvalue weighted by molar-refractivity contribution is 7.59. The molecular formula is C28H28F3N7O5S. The number of rotatable bonds is 8. The highest BCUT2D eigenvalue weighted by atomic mass is 32.2. The van der Waals surface area contributed by atoms with Crippen molar-refractivity contribution < 1.29 is 35.4 Å². The van der Waals surface area contributed by atoms with Crippen LogP contribution in [0.1, 0.15) is 35.4 Å².